The van der Waals surface area contributed by atoms with Crippen molar-refractivity contribution in [2.75, 3.05) is 4.90 Å². The Morgan fingerprint density at radius 1 is 0.575 bits per heavy atom. The van der Waals surface area contributed by atoms with Crippen molar-refractivity contribution >= 4 is 55.7 Å². The molecule has 2 heteroatoms. The largest absolute Gasteiger partial charge is 0.460 e. The lowest BCUT2D eigenvalue weighted by Crippen LogP contribution is -2.09. The van der Waals surface area contributed by atoms with E-state index in [1.54, 1.807) is 0 Å². The van der Waals surface area contributed by atoms with Gasteiger partial charge in [-0.2, -0.15) is 0 Å². The van der Waals surface area contributed by atoms with Crippen molar-refractivity contribution in [2.45, 2.75) is 12.8 Å². The lowest BCUT2D eigenvalue weighted by atomic mass is 9.97. The van der Waals surface area contributed by atoms with Crippen LogP contribution in [0.5, 0.6) is 0 Å². The number of hydrogen-bond donors (Lipinski definition) is 0. The number of nitrogens with zero attached hydrogens (tertiary/aromatic N) is 1. The molecule has 0 atom stereocenters. The summed E-state index contributed by atoms with van der Waals surface area (Å²) >= 11 is 0. The molecular formula is C38H27NO. The smallest absolute Gasteiger partial charge is 0.135 e. The third kappa shape index (κ3) is 3.72. The predicted molar refractivity (Wildman–Crippen MR) is 169 cm³/mol. The van der Waals surface area contributed by atoms with E-state index in [9.17, 15) is 0 Å². The van der Waals surface area contributed by atoms with Crippen LogP contribution in [0.15, 0.2) is 138 Å². The van der Waals surface area contributed by atoms with Crippen LogP contribution in [-0.2, 0) is 6.42 Å². The minimum atomic E-state index is 0.969. The summed E-state index contributed by atoms with van der Waals surface area (Å²) in [5.74, 6) is 1.10. The number of rotatable bonds is 4. The van der Waals surface area contributed by atoms with Crippen LogP contribution in [0.4, 0.5) is 17.1 Å². The molecule has 0 saturated heterocycles. The standard InChI is InChI=1S/C38H27NO/c1-2-11-29(12-3-1)39(30-20-17-27(18-21-30)33-15-8-10-26-9-4-5-13-32(26)33)31-22-23-34-28(25-31)19-24-37-38(34)35-14-6-7-16-36(35)40-37/h1-6,8-15,17-25H,7,16H2. The first-order valence-corrected chi connectivity index (χ1v) is 13.9. The molecule has 2 nitrogen and oxygen atoms in total. The highest BCUT2D eigenvalue weighted by Gasteiger charge is 2.18. The number of allylic oxidation sites excluding steroid dienone is 1. The van der Waals surface area contributed by atoms with Gasteiger partial charge < -0.3 is 9.32 Å². The van der Waals surface area contributed by atoms with Crippen LogP contribution in [0.25, 0.3) is 49.7 Å². The highest BCUT2D eigenvalue weighted by Crippen LogP contribution is 2.41. The zero-order valence-corrected chi connectivity index (χ0v) is 22.0. The van der Waals surface area contributed by atoms with Crippen molar-refractivity contribution in [1.82, 2.24) is 0 Å². The van der Waals surface area contributed by atoms with Gasteiger partial charge in [0, 0.05) is 34.4 Å². The van der Waals surface area contributed by atoms with Gasteiger partial charge >= 0.3 is 0 Å². The van der Waals surface area contributed by atoms with Gasteiger partial charge in [-0.05, 0) is 81.6 Å². The van der Waals surface area contributed by atoms with Gasteiger partial charge in [-0.15, -0.1) is 0 Å². The number of anilines is 3. The molecule has 0 amide bonds. The summed E-state index contributed by atoms with van der Waals surface area (Å²) in [6, 6.07) is 45.7. The fraction of sp³-hybridized carbons (Fsp3) is 0.0526. The Morgan fingerprint density at radius 2 is 1.35 bits per heavy atom. The molecule has 0 radical (unpaired) electrons. The molecule has 0 unspecified atom stereocenters. The Morgan fingerprint density at radius 3 is 2.25 bits per heavy atom. The summed E-state index contributed by atoms with van der Waals surface area (Å²) in [5.41, 5.74) is 8.06. The summed E-state index contributed by atoms with van der Waals surface area (Å²) in [6.07, 6.45) is 6.49. The maximum Gasteiger partial charge on any atom is 0.135 e. The van der Waals surface area contributed by atoms with Gasteiger partial charge in [0.2, 0.25) is 0 Å². The first kappa shape index (κ1) is 22.9. The molecule has 1 aromatic heterocycles. The van der Waals surface area contributed by atoms with Crippen LogP contribution in [0.1, 0.15) is 17.7 Å². The van der Waals surface area contributed by atoms with Gasteiger partial charge in [-0.1, -0.05) is 97.1 Å². The van der Waals surface area contributed by atoms with E-state index < -0.39 is 0 Å². The molecule has 0 spiro atoms. The van der Waals surface area contributed by atoms with E-state index in [4.69, 9.17) is 4.42 Å². The van der Waals surface area contributed by atoms with E-state index in [0.29, 0.717) is 0 Å². The van der Waals surface area contributed by atoms with Crippen LogP contribution in [-0.4, -0.2) is 0 Å². The molecule has 6 aromatic carbocycles. The zero-order valence-electron chi connectivity index (χ0n) is 22.0. The lowest BCUT2D eigenvalue weighted by molar-refractivity contribution is 0.546. The molecule has 1 heterocycles. The Labute approximate surface area is 233 Å². The molecule has 8 rings (SSSR count). The van der Waals surface area contributed by atoms with Crippen molar-refractivity contribution in [1.29, 1.82) is 0 Å². The van der Waals surface area contributed by atoms with Crippen molar-refractivity contribution in [2.24, 2.45) is 0 Å². The fourth-order valence-electron chi connectivity index (χ4n) is 6.20. The predicted octanol–water partition coefficient (Wildman–Crippen LogP) is 10.8. The van der Waals surface area contributed by atoms with Gasteiger partial charge in [0.1, 0.15) is 11.3 Å². The molecule has 190 valence electrons. The molecule has 0 aliphatic heterocycles. The van der Waals surface area contributed by atoms with Crippen LogP contribution >= 0.6 is 0 Å². The van der Waals surface area contributed by atoms with Gasteiger partial charge in [0.05, 0.1) is 0 Å². The number of aryl methyl sites for hydroxylation is 1. The number of benzene rings is 6. The monoisotopic (exact) mass is 513 g/mol. The molecule has 0 N–H and O–H groups in total. The summed E-state index contributed by atoms with van der Waals surface area (Å²) in [7, 11) is 0. The SMILES string of the molecule is C1=Cc2c(oc3ccc4cc(N(c5ccccc5)c5ccc(-c6cccc7ccccc67)cc5)ccc4c23)CC1. The van der Waals surface area contributed by atoms with E-state index in [2.05, 4.69) is 144 Å². The van der Waals surface area contributed by atoms with Gasteiger partial charge in [-0.25, -0.2) is 0 Å². The first-order valence-electron chi connectivity index (χ1n) is 13.9. The molecule has 1 aliphatic rings. The maximum atomic E-state index is 6.23. The van der Waals surface area contributed by atoms with E-state index in [1.807, 2.05) is 0 Å². The summed E-state index contributed by atoms with van der Waals surface area (Å²) < 4.78 is 6.23. The number of para-hydroxylation sites is 1. The second kappa shape index (κ2) is 9.29. The molecule has 7 aromatic rings. The average molecular weight is 514 g/mol. The Balaban J connectivity index is 1.25. The van der Waals surface area contributed by atoms with Crippen molar-refractivity contribution < 1.29 is 4.42 Å². The summed E-state index contributed by atoms with van der Waals surface area (Å²) in [6.45, 7) is 0. The minimum Gasteiger partial charge on any atom is -0.460 e. The van der Waals surface area contributed by atoms with Crippen LogP contribution < -0.4 is 4.90 Å². The molecule has 0 fully saturated rings. The maximum absolute atomic E-state index is 6.23. The second-order valence-electron chi connectivity index (χ2n) is 10.5. The van der Waals surface area contributed by atoms with E-state index in [1.165, 1.54) is 43.6 Å². The Kier molecular flexibility index (Phi) is 5.31. The van der Waals surface area contributed by atoms with Crippen molar-refractivity contribution in [3.8, 4) is 11.1 Å². The van der Waals surface area contributed by atoms with E-state index in [-0.39, 0.29) is 0 Å². The summed E-state index contributed by atoms with van der Waals surface area (Å²) in [5, 5.41) is 6.20. The van der Waals surface area contributed by atoms with Crippen molar-refractivity contribution in [3.05, 3.63) is 145 Å². The third-order valence-electron chi connectivity index (χ3n) is 8.09. The topological polar surface area (TPSA) is 16.4 Å². The molecule has 1 aliphatic carbocycles. The fourth-order valence-corrected chi connectivity index (χ4v) is 6.20. The zero-order chi connectivity index (χ0) is 26.5. The van der Waals surface area contributed by atoms with Gasteiger partial charge in [-0.3, -0.25) is 0 Å². The summed E-state index contributed by atoms with van der Waals surface area (Å²) in [4.78, 5) is 2.33. The normalized spacial score (nSPS) is 12.7. The third-order valence-corrected chi connectivity index (χ3v) is 8.09. The number of furan rings is 1. The van der Waals surface area contributed by atoms with Crippen LogP contribution in [0, 0.1) is 0 Å². The molecule has 40 heavy (non-hydrogen) atoms. The van der Waals surface area contributed by atoms with Crippen LogP contribution in [0.3, 0.4) is 0 Å². The molecule has 0 bridgehead atoms. The highest BCUT2D eigenvalue weighted by molar-refractivity contribution is 6.11. The van der Waals surface area contributed by atoms with E-state index in [0.717, 1.165) is 41.2 Å². The van der Waals surface area contributed by atoms with Crippen molar-refractivity contribution in [3.63, 3.8) is 0 Å². The Hall–Kier alpha value is -5.08. The number of fused-ring (bicyclic) bond motifs is 6. The van der Waals surface area contributed by atoms with Crippen LogP contribution in [0.2, 0.25) is 0 Å². The quantitative estimate of drug-likeness (QED) is 0.233. The minimum absolute atomic E-state index is 0.969. The van der Waals surface area contributed by atoms with Gasteiger partial charge in [0.15, 0.2) is 0 Å². The first-order chi connectivity index (χ1) is 19.8. The highest BCUT2D eigenvalue weighted by atomic mass is 16.3. The average Bonchev–Trinajstić information content (AvgIpc) is 3.41. The second-order valence-corrected chi connectivity index (χ2v) is 10.5. The molecule has 0 saturated carbocycles. The Bertz CT molecular complexity index is 2040. The van der Waals surface area contributed by atoms with E-state index >= 15 is 0 Å². The molecular weight excluding hydrogens is 486 g/mol. The lowest BCUT2D eigenvalue weighted by Gasteiger charge is -2.26. The number of hydrogen-bond acceptors (Lipinski definition) is 2. The van der Waals surface area contributed by atoms with Gasteiger partial charge in [0.25, 0.3) is 0 Å².